The first-order valence-electron chi connectivity index (χ1n) is 11.3. The van der Waals surface area contributed by atoms with Gasteiger partial charge in [0.05, 0.1) is 22.3 Å². The first kappa shape index (κ1) is 24.8. The number of fused-ring (bicyclic) bond motifs is 1. The van der Waals surface area contributed by atoms with Gasteiger partial charge in [-0.15, -0.1) is 0 Å². The summed E-state index contributed by atoms with van der Waals surface area (Å²) >= 11 is 0. The summed E-state index contributed by atoms with van der Waals surface area (Å²) in [6.07, 6.45) is 2.11. The lowest BCUT2D eigenvalue weighted by atomic mass is 10.3. The first-order valence-corrected chi connectivity index (χ1v) is 12.7. The first-order chi connectivity index (χ1) is 15.8. The Morgan fingerprint density at radius 2 is 1.88 bits per heavy atom. The number of aromatic nitrogens is 4. The highest BCUT2D eigenvalue weighted by Gasteiger charge is 2.23. The van der Waals surface area contributed by atoms with E-state index < -0.39 is 16.0 Å². The summed E-state index contributed by atoms with van der Waals surface area (Å²) in [7, 11) is -3.57. The van der Waals surface area contributed by atoms with Gasteiger partial charge >= 0.3 is 5.97 Å². The van der Waals surface area contributed by atoms with Crippen LogP contribution in [0.5, 0.6) is 0 Å². The lowest BCUT2D eigenvalue weighted by Crippen LogP contribution is -2.30. The van der Waals surface area contributed by atoms with Crippen LogP contribution in [0.25, 0.3) is 11.0 Å². The summed E-state index contributed by atoms with van der Waals surface area (Å²) in [4.78, 5) is 21.2. The van der Waals surface area contributed by atoms with Crippen LogP contribution in [0, 0.1) is 0 Å². The van der Waals surface area contributed by atoms with Gasteiger partial charge in [-0.3, -0.25) is 4.79 Å². The molecular weight excluding hydrogens is 446 g/mol. The number of esters is 1. The predicted molar refractivity (Wildman–Crippen MR) is 122 cm³/mol. The summed E-state index contributed by atoms with van der Waals surface area (Å²) in [6.45, 7) is 9.00. The van der Waals surface area contributed by atoms with Crippen molar-refractivity contribution in [3.8, 4) is 0 Å². The molecule has 0 bridgehead atoms. The molecule has 0 aliphatic heterocycles. The summed E-state index contributed by atoms with van der Waals surface area (Å²) in [6, 6.07) is 4.98. The number of carbonyl (C=O) groups excluding carboxylic acids is 1. The highest BCUT2D eigenvalue weighted by molar-refractivity contribution is 7.89. The van der Waals surface area contributed by atoms with Gasteiger partial charge in [-0.2, -0.15) is 9.29 Å². The molecule has 0 aliphatic rings. The number of nitrogens with zero attached hydrogens (tertiary/aromatic N) is 5. The molecule has 0 spiro atoms. The third-order valence-electron chi connectivity index (χ3n) is 5.35. The maximum absolute atomic E-state index is 12.9. The van der Waals surface area contributed by atoms with Crippen LogP contribution in [0.1, 0.15) is 58.1 Å². The summed E-state index contributed by atoms with van der Waals surface area (Å²) in [5.74, 6) is 1.17. The fourth-order valence-electron chi connectivity index (χ4n) is 3.68. The Morgan fingerprint density at radius 1 is 1.12 bits per heavy atom. The van der Waals surface area contributed by atoms with Crippen LogP contribution in [0.2, 0.25) is 0 Å². The van der Waals surface area contributed by atoms with Crippen molar-refractivity contribution in [3.05, 3.63) is 35.7 Å². The minimum Gasteiger partial charge on any atom is -0.456 e. The van der Waals surface area contributed by atoms with E-state index in [9.17, 15) is 13.2 Å². The zero-order valence-corrected chi connectivity index (χ0v) is 20.4. The van der Waals surface area contributed by atoms with Gasteiger partial charge in [-0.1, -0.05) is 25.9 Å². The van der Waals surface area contributed by atoms with E-state index in [1.807, 2.05) is 32.3 Å². The maximum atomic E-state index is 12.9. The van der Waals surface area contributed by atoms with Crippen molar-refractivity contribution in [1.82, 2.24) is 24.0 Å². The highest BCUT2D eigenvalue weighted by atomic mass is 32.2. The molecule has 180 valence electrons. The number of carbonyl (C=O) groups is 1. The molecule has 0 N–H and O–H groups in total. The fourth-order valence-corrected chi connectivity index (χ4v) is 5.16. The number of rotatable bonds is 12. The maximum Gasteiger partial charge on any atom is 0.306 e. The SMILES string of the molecule is CCCc1noc(COC(=O)CCc2nc3cc(S(=O)(=O)N(CC)CC)ccc3n2CC)n1. The Morgan fingerprint density at radius 3 is 2.55 bits per heavy atom. The lowest BCUT2D eigenvalue weighted by Gasteiger charge is -2.18. The third kappa shape index (κ3) is 5.59. The van der Waals surface area contributed by atoms with Crippen molar-refractivity contribution in [1.29, 1.82) is 0 Å². The minimum absolute atomic E-state index is 0.0632. The van der Waals surface area contributed by atoms with Gasteiger partial charge in [-0.05, 0) is 31.5 Å². The second-order valence-electron chi connectivity index (χ2n) is 7.53. The van der Waals surface area contributed by atoms with E-state index in [0.717, 1.165) is 11.9 Å². The zero-order chi connectivity index (χ0) is 24.0. The molecule has 0 fully saturated rings. The average molecular weight is 478 g/mol. The Labute approximate surface area is 194 Å². The van der Waals surface area contributed by atoms with Gasteiger partial charge in [0, 0.05) is 32.5 Å². The quantitative estimate of drug-likeness (QED) is 0.365. The predicted octanol–water partition coefficient (Wildman–Crippen LogP) is 3.10. The van der Waals surface area contributed by atoms with Crippen molar-refractivity contribution >= 4 is 27.0 Å². The molecule has 0 amide bonds. The molecule has 0 saturated carbocycles. The van der Waals surface area contributed by atoms with E-state index >= 15 is 0 Å². The Hall–Kier alpha value is -2.79. The molecule has 10 nitrogen and oxygen atoms in total. The highest BCUT2D eigenvalue weighted by Crippen LogP contribution is 2.23. The van der Waals surface area contributed by atoms with Crippen LogP contribution in [-0.2, 0) is 45.5 Å². The van der Waals surface area contributed by atoms with Crippen molar-refractivity contribution in [2.75, 3.05) is 13.1 Å². The fraction of sp³-hybridized carbons (Fsp3) is 0.545. The van der Waals surface area contributed by atoms with Gasteiger partial charge in [0.2, 0.25) is 10.0 Å². The van der Waals surface area contributed by atoms with Gasteiger partial charge < -0.3 is 13.8 Å². The number of hydrogen-bond donors (Lipinski definition) is 0. The standard InChI is InChI=1S/C22H31N5O5S/c1-5-9-19-24-21(32-25-19)15-31-22(28)13-12-20-23-17-14-16(10-11-18(17)27(20)8-4)33(29,30)26(6-2)7-3/h10-11,14H,5-9,12-13,15H2,1-4H3. The smallest absolute Gasteiger partial charge is 0.306 e. The molecule has 3 rings (SSSR count). The molecule has 2 heterocycles. The average Bonchev–Trinajstić information content (AvgIpc) is 3.40. The van der Waals surface area contributed by atoms with E-state index in [4.69, 9.17) is 9.26 Å². The van der Waals surface area contributed by atoms with Crippen LogP contribution >= 0.6 is 0 Å². The Bertz CT molecular complexity index is 1200. The topological polar surface area (TPSA) is 120 Å². The van der Waals surface area contributed by atoms with Crippen LogP contribution in [-0.4, -0.2) is 51.5 Å². The van der Waals surface area contributed by atoms with Crippen LogP contribution < -0.4 is 0 Å². The molecule has 3 aromatic rings. The molecule has 11 heteroatoms. The van der Waals surface area contributed by atoms with Crippen LogP contribution in [0.3, 0.4) is 0 Å². The molecule has 0 unspecified atom stereocenters. The molecule has 33 heavy (non-hydrogen) atoms. The van der Waals surface area contributed by atoms with Crippen molar-refractivity contribution in [2.45, 2.75) is 71.4 Å². The molecule has 0 aliphatic carbocycles. The van der Waals surface area contributed by atoms with Gasteiger partial charge in [0.15, 0.2) is 12.4 Å². The van der Waals surface area contributed by atoms with E-state index in [-0.39, 0.29) is 23.8 Å². The number of hydrogen-bond acceptors (Lipinski definition) is 8. The number of ether oxygens (including phenoxy) is 1. The number of imidazole rings is 1. The molecule has 0 radical (unpaired) electrons. The molecule has 1 aromatic carbocycles. The summed E-state index contributed by atoms with van der Waals surface area (Å²) in [5, 5.41) is 3.83. The monoisotopic (exact) mass is 477 g/mol. The van der Waals surface area contributed by atoms with E-state index in [1.54, 1.807) is 18.2 Å². The third-order valence-corrected chi connectivity index (χ3v) is 7.40. The second-order valence-corrected chi connectivity index (χ2v) is 9.47. The number of sulfonamides is 1. The van der Waals surface area contributed by atoms with Gasteiger partial charge in [0.25, 0.3) is 5.89 Å². The number of benzene rings is 1. The van der Waals surface area contributed by atoms with Crippen LogP contribution in [0.15, 0.2) is 27.6 Å². The Kier molecular flexibility index (Phi) is 8.20. The van der Waals surface area contributed by atoms with Crippen molar-refractivity contribution in [3.63, 3.8) is 0 Å². The second kappa shape index (κ2) is 10.9. The molecule has 2 aromatic heterocycles. The largest absolute Gasteiger partial charge is 0.456 e. The van der Waals surface area contributed by atoms with Gasteiger partial charge in [0.1, 0.15) is 5.82 Å². The lowest BCUT2D eigenvalue weighted by molar-refractivity contribution is -0.145. The number of aryl methyl sites for hydroxylation is 3. The van der Waals surface area contributed by atoms with Crippen molar-refractivity contribution < 1.29 is 22.5 Å². The Balaban J connectivity index is 1.70. The minimum atomic E-state index is -3.57. The van der Waals surface area contributed by atoms with Gasteiger partial charge in [-0.25, -0.2) is 13.4 Å². The molecular formula is C22H31N5O5S. The molecule has 0 atom stereocenters. The van der Waals surface area contributed by atoms with E-state index in [0.29, 0.717) is 49.6 Å². The normalized spacial score (nSPS) is 12.0. The van der Waals surface area contributed by atoms with Crippen molar-refractivity contribution in [2.24, 2.45) is 0 Å². The summed E-state index contributed by atoms with van der Waals surface area (Å²) in [5.41, 5.74) is 1.41. The summed E-state index contributed by atoms with van der Waals surface area (Å²) < 4.78 is 39.4. The zero-order valence-electron chi connectivity index (χ0n) is 19.6. The van der Waals surface area contributed by atoms with Crippen LogP contribution in [0.4, 0.5) is 0 Å². The van der Waals surface area contributed by atoms with E-state index in [2.05, 4.69) is 15.1 Å². The molecule has 0 saturated heterocycles. The van der Waals surface area contributed by atoms with E-state index in [1.165, 1.54) is 4.31 Å².